The first-order valence-electron chi connectivity index (χ1n) is 12.2. The van der Waals surface area contributed by atoms with E-state index in [0.717, 1.165) is 54.5 Å². The molecule has 1 unspecified atom stereocenters. The summed E-state index contributed by atoms with van der Waals surface area (Å²) in [6, 6.07) is 17.5. The van der Waals surface area contributed by atoms with E-state index in [0.29, 0.717) is 13.0 Å². The molecule has 35 heavy (non-hydrogen) atoms. The molecule has 1 fully saturated rings. The van der Waals surface area contributed by atoms with E-state index in [1.807, 2.05) is 72.6 Å². The predicted molar refractivity (Wildman–Crippen MR) is 145 cm³/mol. The number of hydrogen-bond donors (Lipinski definition) is 1. The van der Waals surface area contributed by atoms with Gasteiger partial charge in [0.2, 0.25) is 5.91 Å². The van der Waals surface area contributed by atoms with Crippen molar-refractivity contribution in [2.75, 3.05) is 13.1 Å². The summed E-state index contributed by atoms with van der Waals surface area (Å²) in [6.45, 7) is 11.2. The third-order valence-corrected chi connectivity index (χ3v) is 5.82. The number of carbonyl (C=O) groups is 1. The fraction of sp³-hybridized carbons (Fsp3) is 0.345. The lowest BCUT2D eigenvalue weighted by Crippen LogP contribution is -2.41. The molecule has 0 spiro atoms. The van der Waals surface area contributed by atoms with Gasteiger partial charge in [0.05, 0.1) is 11.7 Å². The number of allylic oxidation sites excluding steroid dienone is 1. The highest BCUT2D eigenvalue weighted by molar-refractivity contribution is 6.03. The first-order valence-corrected chi connectivity index (χ1v) is 12.2. The second-order valence-electron chi connectivity index (χ2n) is 8.78. The molecule has 0 saturated carbocycles. The summed E-state index contributed by atoms with van der Waals surface area (Å²) in [5.74, 6) is 2.41. The zero-order valence-electron chi connectivity index (χ0n) is 21.0. The highest BCUT2D eigenvalue weighted by Gasteiger charge is 2.22. The molecule has 0 aromatic heterocycles. The Morgan fingerprint density at radius 3 is 2.54 bits per heavy atom. The number of amides is 1. The topological polar surface area (TPSA) is 66.3 Å². The Bertz CT molecular complexity index is 1070. The van der Waals surface area contributed by atoms with E-state index in [2.05, 4.69) is 25.7 Å². The van der Waals surface area contributed by atoms with E-state index in [4.69, 9.17) is 14.7 Å². The molecule has 0 aliphatic carbocycles. The number of amidine groups is 1. The third kappa shape index (κ3) is 8.56. The Labute approximate surface area is 209 Å². The van der Waals surface area contributed by atoms with Gasteiger partial charge in [0.1, 0.15) is 17.3 Å². The van der Waals surface area contributed by atoms with Gasteiger partial charge in [0, 0.05) is 31.4 Å². The first kappa shape index (κ1) is 25.9. The lowest BCUT2D eigenvalue weighted by molar-refractivity contribution is -0.127. The Balaban J connectivity index is 1.70. The van der Waals surface area contributed by atoms with Crippen LogP contribution in [0.2, 0.25) is 0 Å². The van der Waals surface area contributed by atoms with Crippen LogP contribution in [0.4, 0.5) is 5.69 Å². The maximum atomic E-state index is 12.1. The summed E-state index contributed by atoms with van der Waals surface area (Å²) in [4.78, 5) is 23.7. The second-order valence-corrected chi connectivity index (χ2v) is 8.78. The van der Waals surface area contributed by atoms with Gasteiger partial charge in [-0.25, -0.2) is 0 Å². The van der Waals surface area contributed by atoms with Crippen LogP contribution in [0.1, 0.15) is 46.5 Å². The molecule has 1 N–H and O–H groups in total. The summed E-state index contributed by atoms with van der Waals surface area (Å²) < 4.78 is 5.87. The van der Waals surface area contributed by atoms with Crippen molar-refractivity contribution < 1.29 is 9.53 Å². The van der Waals surface area contributed by atoms with Gasteiger partial charge < -0.3 is 15.0 Å². The number of aliphatic imine (C=N–C) groups is 2. The lowest BCUT2D eigenvalue weighted by atomic mass is 10.1. The Morgan fingerprint density at radius 2 is 1.86 bits per heavy atom. The van der Waals surface area contributed by atoms with Crippen LogP contribution in [-0.2, 0) is 4.79 Å². The largest absolute Gasteiger partial charge is 0.457 e. The zero-order valence-corrected chi connectivity index (χ0v) is 21.0. The highest BCUT2D eigenvalue weighted by atomic mass is 16.5. The van der Waals surface area contributed by atoms with Crippen molar-refractivity contribution in [3.05, 3.63) is 79.0 Å². The van der Waals surface area contributed by atoms with Crippen LogP contribution in [-0.4, -0.2) is 41.5 Å². The van der Waals surface area contributed by atoms with Crippen LogP contribution in [0.3, 0.4) is 0 Å². The third-order valence-electron chi connectivity index (χ3n) is 5.82. The van der Waals surface area contributed by atoms with E-state index in [1.54, 1.807) is 0 Å². The standard InChI is InChI=1S/C29H36N4O2/c1-5-22(3)20-30-28(32-25-11-10-18-33(21-25)29(34)6-2)19-23(4)31-24-14-16-27(17-15-24)35-26-12-8-7-9-13-26/h6-9,12-17,20,25H,2,5,10-11,18-19,21H2,1,3-4H3,(H,30,32). The van der Waals surface area contributed by atoms with Crippen molar-refractivity contribution in [2.24, 2.45) is 9.98 Å². The Hall–Kier alpha value is -3.67. The van der Waals surface area contributed by atoms with Crippen molar-refractivity contribution >= 4 is 23.1 Å². The van der Waals surface area contributed by atoms with Crippen molar-refractivity contribution in [1.82, 2.24) is 10.2 Å². The van der Waals surface area contributed by atoms with Crippen LogP contribution < -0.4 is 10.1 Å². The highest BCUT2D eigenvalue weighted by Crippen LogP contribution is 2.24. The van der Waals surface area contributed by atoms with Crippen molar-refractivity contribution in [3.8, 4) is 11.5 Å². The van der Waals surface area contributed by atoms with Gasteiger partial charge >= 0.3 is 0 Å². The fourth-order valence-corrected chi connectivity index (χ4v) is 3.77. The number of para-hydroxylation sites is 1. The number of rotatable bonds is 9. The molecular weight excluding hydrogens is 436 g/mol. The van der Waals surface area contributed by atoms with Crippen LogP contribution in [0.25, 0.3) is 0 Å². The predicted octanol–water partition coefficient (Wildman–Crippen LogP) is 6.44. The molecule has 1 amide bonds. The van der Waals surface area contributed by atoms with Crippen LogP contribution in [0.5, 0.6) is 11.5 Å². The summed E-state index contributed by atoms with van der Waals surface area (Å²) in [5.41, 5.74) is 3.06. The number of benzene rings is 2. The molecule has 6 heteroatoms. The van der Waals surface area contributed by atoms with Gasteiger partial charge in [0.15, 0.2) is 0 Å². The number of nitrogens with one attached hydrogen (secondary N) is 1. The average Bonchev–Trinajstić information content (AvgIpc) is 2.88. The second kappa shape index (κ2) is 13.3. The molecular formula is C29H36N4O2. The van der Waals surface area contributed by atoms with Crippen LogP contribution in [0, 0.1) is 0 Å². The zero-order chi connectivity index (χ0) is 25.0. The van der Waals surface area contributed by atoms with E-state index in [-0.39, 0.29) is 11.9 Å². The molecule has 184 valence electrons. The van der Waals surface area contributed by atoms with Gasteiger partial charge in [-0.1, -0.05) is 37.3 Å². The maximum Gasteiger partial charge on any atom is 0.246 e. The van der Waals surface area contributed by atoms with Crippen molar-refractivity contribution in [3.63, 3.8) is 0 Å². The average molecular weight is 473 g/mol. The van der Waals surface area contributed by atoms with E-state index in [9.17, 15) is 4.79 Å². The summed E-state index contributed by atoms with van der Waals surface area (Å²) in [5, 5.41) is 3.39. The Morgan fingerprint density at radius 1 is 1.14 bits per heavy atom. The number of carbonyl (C=O) groups excluding carboxylic acids is 1. The van der Waals surface area contributed by atoms with Crippen LogP contribution in [0.15, 0.2) is 89.0 Å². The number of likely N-dealkylation sites (tertiary alicyclic amines) is 1. The molecule has 0 bridgehead atoms. The monoisotopic (exact) mass is 472 g/mol. The van der Waals surface area contributed by atoms with E-state index < -0.39 is 0 Å². The quantitative estimate of drug-likeness (QED) is 0.259. The molecule has 2 aromatic rings. The van der Waals surface area contributed by atoms with Gasteiger partial charge in [-0.05, 0) is 75.6 Å². The molecule has 1 atom stereocenters. The molecule has 3 rings (SSSR count). The minimum Gasteiger partial charge on any atom is -0.457 e. The smallest absolute Gasteiger partial charge is 0.246 e. The molecule has 2 aromatic carbocycles. The first-order chi connectivity index (χ1) is 17.0. The molecule has 1 aliphatic heterocycles. The Kier molecular flexibility index (Phi) is 9.84. The molecule has 1 aliphatic rings. The van der Waals surface area contributed by atoms with Crippen LogP contribution >= 0.6 is 0 Å². The van der Waals surface area contributed by atoms with Gasteiger partial charge in [0.25, 0.3) is 0 Å². The lowest BCUT2D eigenvalue weighted by Gasteiger charge is -2.30. The molecule has 1 saturated heterocycles. The number of nitrogens with zero attached hydrogens (tertiary/aromatic N) is 3. The normalized spacial score (nSPS) is 17.2. The number of hydrogen-bond acceptors (Lipinski definition) is 4. The van der Waals surface area contributed by atoms with Gasteiger partial charge in [-0.2, -0.15) is 0 Å². The minimum atomic E-state index is -0.0291. The number of piperidine rings is 1. The van der Waals surface area contributed by atoms with Crippen molar-refractivity contribution in [2.45, 2.75) is 52.5 Å². The summed E-state index contributed by atoms with van der Waals surface area (Å²) >= 11 is 0. The minimum absolute atomic E-state index is 0.0291. The van der Waals surface area contributed by atoms with Crippen molar-refractivity contribution in [1.29, 1.82) is 0 Å². The SMILES string of the molecule is C=CC(=O)N1CCCC(N=C(CC(C)=Nc2ccc(Oc3ccccc3)cc2)NC=C(C)CC)C1. The molecule has 0 radical (unpaired) electrons. The van der Waals surface area contributed by atoms with Gasteiger partial charge in [-0.15, -0.1) is 0 Å². The fourth-order valence-electron chi connectivity index (χ4n) is 3.77. The summed E-state index contributed by atoms with van der Waals surface area (Å²) in [6.07, 6.45) is 6.86. The van der Waals surface area contributed by atoms with E-state index >= 15 is 0 Å². The maximum absolute atomic E-state index is 12.1. The number of ether oxygens (including phenoxy) is 1. The summed E-state index contributed by atoms with van der Waals surface area (Å²) in [7, 11) is 0. The van der Waals surface area contributed by atoms with Gasteiger partial charge in [-0.3, -0.25) is 14.8 Å². The molecule has 6 nitrogen and oxygen atoms in total. The molecule has 1 heterocycles. The van der Waals surface area contributed by atoms with E-state index in [1.165, 1.54) is 11.6 Å².